The van der Waals surface area contributed by atoms with Crippen LogP contribution in [0.4, 0.5) is 0 Å². The second kappa shape index (κ2) is 7.70. The maximum absolute atomic E-state index is 13.3. The molecule has 4 nitrogen and oxygen atoms in total. The summed E-state index contributed by atoms with van der Waals surface area (Å²) in [7, 11) is 1.64. The van der Waals surface area contributed by atoms with Crippen molar-refractivity contribution in [3.05, 3.63) is 83.5 Å². The highest BCUT2D eigenvalue weighted by Gasteiger charge is 2.34. The van der Waals surface area contributed by atoms with Gasteiger partial charge in [-0.05, 0) is 49.6 Å². The number of hydrogen-bond donors (Lipinski definition) is 0. The number of aromatic nitrogens is 2. The van der Waals surface area contributed by atoms with Gasteiger partial charge in [-0.1, -0.05) is 49.4 Å². The average Bonchev–Trinajstić information content (AvgIpc) is 3.15. The van der Waals surface area contributed by atoms with Gasteiger partial charge in [-0.3, -0.25) is 9.36 Å². The van der Waals surface area contributed by atoms with Crippen molar-refractivity contribution in [3.63, 3.8) is 0 Å². The molecule has 0 bridgehead atoms. The Bertz CT molecular complexity index is 1040. The van der Waals surface area contributed by atoms with Gasteiger partial charge in [0, 0.05) is 17.4 Å². The van der Waals surface area contributed by atoms with Gasteiger partial charge in [-0.2, -0.15) is 0 Å². The zero-order valence-electron chi connectivity index (χ0n) is 17.1. The third-order valence-electron chi connectivity index (χ3n) is 5.69. The third-order valence-corrected chi connectivity index (χ3v) is 5.69. The summed E-state index contributed by atoms with van der Waals surface area (Å²) in [5.41, 5.74) is 2.57. The molecule has 1 aromatic heterocycles. The molecule has 2 unspecified atom stereocenters. The minimum absolute atomic E-state index is 0.0764. The highest BCUT2D eigenvalue weighted by Crippen LogP contribution is 2.37. The predicted octanol–water partition coefficient (Wildman–Crippen LogP) is 5.54. The lowest BCUT2D eigenvalue weighted by molar-refractivity contribution is 0.0962. The summed E-state index contributed by atoms with van der Waals surface area (Å²) in [6.45, 7) is 4.31. The van der Waals surface area contributed by atoms with Gasteiger partial charge in [0.25, 0.3) is 5.91 Å². The number of carbonyl (C=O) groups is 1. The van der Waals surface area contributed by atoms with Crippen LogP contribution in [0.5, 0.6) is 5.75 Å². The second-order valence-corrected chi connectivity index (χ2v) is 7.93. The van der Waals surface area contributed by atoms with E-state index in [2.05, 4.69) is 32.1 Å². The van der Waals surface area contributed by atoms with Gasteiger partial charge < -0.3 is 4.74 Å². The lowest BCUT2D eigenvalue weighted by Crippen LogP contribution is -2.27. The Balaban J connectivity index is 1.74. The van der Waals surface area contributed by atoms with E-state index in [1.807, 2.05) is 48.6 Å². The third kappa shape index (κ3) is 3.63. The number of fused-ring (bicyclic) bond motifs is 1. The number of methoxy groups -OCH3 is 1. The van der Waals surface area contributed by atoms with Crippen LogP contribution in [0.3, 0.4) is 0 Å². The van der Waals surface area contributed by atoms with Crippen molar-refractivity contribution in [1.82, 2.24) is 9.55 Å². The highest BCUT2D eigenvalue weighted by atomic mass is 16.5. The normalized spacial score (nSPS) is 22.8. The summed E-state index contributed by atoms with van der Waals surface area (Å²) >= 11 is 0. The predicted molar refractivity (Wildman–Crippen MR) is 117 cm³/mol. The molecule has 1 aromatic carbocycles. The fraction of sp³-hybridized carbons (Fsp3) is 0.280. The lowest BCUT2D eigenvalue weighted by Gasteiger charge is -2.26. The van der Waals surface area contributed by atoms with Crippen LogP contribution in [0.2, 0.25) is 0 Å². The molecule has 2 aromatic rings. The number of ether oxygens (including phenoxy) is 1. The van der Waals surface area contributed by atoms with Gasteiger partial charge in [-0.15, -0.1) is 0 Å². The van der Waals surface area contributed by atoms with E-state index >= 15 is 0 Å². The molecule has 2 aliphatic rings. The molecule has 0 aliphatic heterocycles. The molecule has 0 fully saturated rings. The van der Waals surface area contributed by atoms with Crippen LogP contribution in [0.1, 0.15) is 60.2 Å². The molecule has 0 saturated heterocycles. The molecule has 1 heterocycles. The molecule has 29 heavy (non-hydrogen) atoms. The molecular formula is C25H26N2O2. The maximum Gasteiger partial charge on any atom is 0.256 e. The van der Waals surface area contributed by atoms with Crippen molar-refractivity contribution >= 4 is 18.1 Å². The summed E-state index contributed by atoms with van der Waals surface area (Å²) < 4.78 is 6.99. The first-order valence-corrected chi connectivity index (χ1v) is 10.0. The first-order chi connectivity index (χ1) is 14.0. The number of nitrogens with zero attached hydrogens (tertiary/aromatic N) is 2. The molecule has 0 amide bonds. The van der Waals surface area contributed by atoms with Crippen LogP contribution < -0.4 is 4.74 Å². The fourth-order valence-corrected chi connectivity index (χ4v) is 3.92. The average molecular weight is 386 g/mol. The van der Waals surface area contributed by atoms with E-state index in [0.29, 0.717) is 5.92 Å². The number of hydrogen-bond acceptors (Lipinski definition) is 3. The number of rotatable bonds is 4. The summed E-state index contributed by atoms with van der Waals surface area (Å²) in [6, 6.07) is 7.65. The zero-order chi connectivity index (χ0) is 20.4. The molecule has 2 aliphatic carbocycles. The Morgan fingerprint density at radius 2 is 2.03 bits per heavy atom. The Morgan fingerprint density at radius 3 is 2.72 bits per heavy atom. The molecule has 148 valence electrons. The van der Waals surface area contributed by atoms with Crippen molar-refractivity contribution < 1.29 is 9.53 Å². The molecule has 4 heteroatoms. The lowest BCUT2D eigenvalue weighted by atomic mass is 9.83. The molecule has 0 N–H and O–H groups in total. The van der Waals surface area contributed by atoms with Crippen molar-refractivity contribution in [2.24, 2.45) is 0 Å². The van der Waals surface area contributed by atoms with E-state index in [0.717, 1.165) is 41.4 Å². The van der Waals surface area contributed by atoms with Crippen molar-refractivity contribution in [3.8, 4) is 5.75 Å². The topological polar surface area (TPSA) is 44.1 Å². The van der Waals surface area contributed by atoms with Crippen molar-refractivity contribution in [2.45, 2.75) is 38.0 Å². The van der Waals surface area contributed by atoms with Gasteiger partial charge in [0.05, 0.1) is 18.5 Å². The van der Waals surface area contributed by atoms with Gasteiger partial charge in [-0.25, -0.2) is 4.98 Å². The van der Waals surface area contributed by atoms with Crippen molar-refractivity contribution in [1.29, 1.82) is 0 Å². The molecular weight excluding hydrogens is 360 g/mol. The van der Waals surface area contributed by atoms with Gasteiger partial charge in [0.15, 0.2) is 0 Å². The van der Waals surface area contributed by atoms with Crippen LogP contribution in [0.15, 0.2) is 60.7 Å². The summed E-state index contributed by atoms with van der Waals surface area (Å²) in [6.07, 6.45) is 17.8. The van der Waals surface area contributed by atoms with E-state index in [1.165, 1.54) is 0 Å². The molecule has 4 rings (SSSR count). The quantitative estimate of drug-likeness (QED) is 0.648. The van der Waals surface area contributed by atoms with E-state index in [9.17, 15) is 4.79 Å². The van der Waals surface area contributed by atoms with Gasteiger partial charge in [0.2, 0.25) is 0 Å². The summed E-state index contributed by atoms with van der Waals surface area (Å²) in [4.78, 5) is 18.3. The Kier molecular flexibility index (Phi) is 5.10. The van der Waals surface area contributed by atoms with E-state index < -0.39 is 0 Å². The van der Waals surface area contributed by atoms with Crippen LogP contribution in [-0.4, -0.2) is 22.6 Å². The molecule has 0 spiro atoms. The number of imidazole rings is 1. The first-order valence-electron chi connectivity index (χ1n) is 10.0. The van der Waals surface area contributed by atoms with Crippen LogP contribution >= 0.6 is 0 Å². The second-order valence-electron chi connectivity index (χ2n) is 7.93. The summed E-state index contributed by atoms with van der Waals surface area (Å²) in [5.74, 6) is 1.84. The maximum atomic E-state index is 13.3. The monoisotopic (exact) mass is 386 g/mol. The smallest absolute Gasteiger partial charge is 0.256 e. The Labute approximate surface area is 171 Å². The van der Waals surface area contributed by atoms with Gasteiger partial charge >= 0.3 is 0 Å². The largest absolute Gasteiger partial charge is 0.497 e. The number of allylic oxidation sites excluding steroid dienone is 6. The minimum atomic E-state index is -0.302. The van der Waals surface area contributed by atoms with Crippen LogP contribution in [-0.2, 0) is 5.41 Å². The number of carbonyl (C=O) groups excluding carboxylic acids is 1. The highest BCUT2D eigenvalue weighted by molar-refractivity contribution is 5.96. The van der Waals surface area contributed by atoms with Crippen LogP contribution in [0.25, 0.3) is 12.2 Å². The molecule has 0 radical (unpaired) electrons. The van der Waals surface area contributed by atoms with E-state index in [4.69, 9.17) is 9.72 Å². The Hall–Kier alpha value is -3.14. The summed E-state index contributed by atoms with van der Waals surface area (Å²) in [5, 5.41) is 0. The first kappa shape index (κ1) is 19.2. The van der Waals surface area contributed by atoms with Crippen LogP contribution in [0, 0.1) is 0 Å². The number of benzene rings is 1. The molecule has 2 atom stereocenters. The van der Waals surface area contributed by atoms with Crippen molar-refractivity contribution in [2.75, 3.05) is 7.11 Å². The zero-order valence-corrected chi connectivity index (χ0v) is 17.1. The molecule has 0 saturated carbocycles. The van der Waals surface area contributed by atoms with Gasteiger partial charge in [0.1, 0.15) is 11.6 Å². The van der Waals surface area contributed by atoms with E-state index in [1.54, 1.807) is 17.8 Å². The minimum Gasteiger partial charge on any atom is -0.497 e. The SMILES string of the molecule is COc1ccc(/C=C/C(=O)n2c(C3(C)C=CC=CC3)nc3c2C=CCC3C)cc1. The fourth-order valence-electron chi connectivity index (χ4n) is 3.92. The standard InChI is InChI=1S/C25H26N2O2/c1-18-8-7-9-21-23(18)26-24(25(2)16-5-4-6-17-25)27(21)22(28)15-12-19-10-13-20(29-3)14-11-19/h4-7,9-16,18H,8,17H2,1-3H3/b15-12+. The Morgan fingerprint density at radius 1 is 1.24 bits per heavy atom. The van der Waals surface area contributed by atoms with E-state index in [-0.39, 0.29) is 11.3 Å².